The number of carbonyl (C=O) groups excluding carboxylic acids is 2. The van der Waals surface area contributed by atoms with Gasteiger partial charge in [-0.2, -0.15) is 0 Å². The number of amides is 2. The number of likely N-dealkylation sites (tertiary alicyclic amines) is 1. The summed E-state index contributed by atoms with van der Waals surface area (Å²) in [6.45, 7) is 5.38. The number of aliphatic hydroxyl groups is 1. The highest BCUT2D eigenvalue weighted by Crippen LogP contribution is 2.19. The first-order valence-corrected chi connectivity index (χ1v) is 9.54. The molecule has 7 nitrogen and oxygen atoms in total. The second-order valence-electron chi connectivity index (χ2n) is 7.44. The Morgan fingerprint density at radius 3 is 2.70 bits per heavy atom. The zero-order valence-corrected chi connectivity index (χ0v) is 16.1. The van der Waals surface area contributed by atoms with Gasteiger partial charge in [-0.1, -0.05) is 12.1 Å². The van der Waals surface area contributed by atoms with E-state index in [2.05, 4.69) is 4.90 Å². The molecule has 0 radical (unpaired) electrons. The van der Waals surface area contributed by atoms with Gasteiger partial charge in [0.2, 0.25) is 11.8 Å². The Hall–Kier alpha value is -2.12. The van der Waals surface area contributed by atoms with Gasteiger partial charge >= 0.3 is 0 Å². The Morgan fingerprint density at radius 1 is 1.22 bits per heavy atom. The number of hydrogen-bond donors (Lipinski definition) is 1. The molecule has 2 saturated heterocycles. The van der Waals surface area contributed by atoms with Gasteiger partial charge in [0.25, 0.3) is 0 Å². The van der Waals surface area contributed by atoms with Crippen LogP contribution in [0, 0.1) is 0 Å². The smallest absolute Gasteiger partial charge is 0.227 e. The lowest BCUT2D eigenvalue weighted by Crippen LogP contribution is -2.59. The van der Waals surface area contributed by atoms with E-state index in [1.807, 2.05) is 34.1 Å². The van der Waals surface area contributed by atoms with Crippen molar-refractivity contribution in [2.75, 3.05) is 46.4 Å². The van der Waals surface area contributed by atoms with Crippen molar-refractivity contribution in [3.05, 3.63) is 29.8 Å². The highest BCUT2D eigenvalue weighted by Gasteiger charge is 2.34. The van der Waals surface area contributed by atoms with Crippen molar-refractivity contribution < 1.29 is 19.4 Å². The van der Waals surface area contributed by atoms with Gasteiger partial charge < -0.3 is 19.6 Å². The SMILES string of the molecule is COc1cccc(CC(=O)N2CCN(C(C)=O)C[C@H]2CN2CC[C@@H](O)C2)c1. The van der Waals surface area contributed by atoms with Crippen LogP contribution >= 0.6 is 0 Å². The molecule has 2 atom stereocenters. The van der Waals surface area contributed by atoms with Crippen LogP contribution < -0.4 is 4.74 Å². The maximum absolute atomic E-state index is 13.0. The average molecular weight is 375 g/mol. The molecule has 1 aromatic carbocycles. The van der Waals surface area contributed by atoms with Gasteiger partial charge in [0.1, 0.15) is 5.75 Å². The normalized spacial score (nSPS) is 23.5. The summed E-state index contributed by atoms with van der Waals surface area (Å²) in [5.74, 6) is 0.849. The van der Waals surface area contributed by atoms with Crippen LogP contribution in [0.4, 0.5) is 0 Å². The Morgan fingerprint density at radius 2 is 2.04 bits per heavy atom. The van der Waals surface area contributed by atoms with E-state index in [0.29, 0.717) is 39.1 Å². The average Bonchev–Trinajstić information content (AvgIpc) is 3.06. The molecule has 1 N–H and O–H groups in total. The first-order valence-electron chi connectivity index (χ1n) is 9.54. The van der Waals surface area contributed by atoms with Gasteiger partial charge in [-0.3, -0.25) is 14.5 Å². The third-order valence-electron chi connectivity index (χ3n) is 5.45. The van der Waals surface area contributed by atoms with E-state index in [-0.39, 0.29) is 24.0 Å². The van der Waals surface area contributed by atoms with Gasteiger partial charge in [0, 0.05) is 46.2 Å². The third-order valence-corrected chi connectivity index (χ3v) is 5.45. The predicted molar refractivity (Wildman–Crippen MR) is 102 cm³/mol. The summed E-state index contributed by atoms with van der Waals surface area (Å²) < 4.78 is 5.24. The summed E-state index contributed by atoms with van der Waals surface area (Å²) in [5.41, 5.74) is 0.920. The first kappa shape index (κ1) is 19.6. The largest absolute Gasteiger partial charge is 0.497 e. The monoisotopic (exact) mass is 375 g/mol. The number of piperazine rings is 1. The molecule has 0 aliphatic carbocycles. The lowest BCUT2D eigenvalue weighted by Gasteiger charge is -2.42. The minimum absolute atomic E-state index is 0.0429. The van der Waals surface area contributed by atoms with Gasteiger partial charge in [-0.15, -0.1) is 0 Å². The van der Waals surface area contributed by atoms with Crippen molar-refractivity contribution in [3.63, 3.8) is 0 Å². The van der Waals surface area contributed by atoms with Crippen molar-refractivity contribution in [1.29, 1.82) is 0 Å². The quantitative estimate of drug-likeness (QED) is 0.805. The molecule has 0 saturated carbocycles. The molecular weight excluding hydrogens is 346 g/mol. The molecule has 2 amide bonds. The zero-order chi connectivity index (χ0) is 19.4. The number of methoxy groups -OCH3 is 1. The summed E-state index contributed by atoms with van der Waals surface area (Å²) in [6.07, 6.45) is 0.788. The third kappa shape index (κ3) is 4.99. The summed E-state index contributed by atoms with van der Waals surface area (Å²) in [5, 5.41) is 9.79. The molecule has 0 bridgehead atoms. The number of nitrogens with zero attached hydrogens (tertiary/aromatic N) is 3. The fourth-order valence-electron chi connectivity index (χ4n) is 3.96. The Kier molecular flexibility index (Phi) is 6.34. The standard InChI is InChI=1S/C20H29N3O4/c1-15(24)22-8-9-23(17(13-22)12-21-7-6-18(25)14-21)20(26)11-16-4-3-5-19(10-16)27-2/h3-5,10,17-18,25H,6-9,11-14H2,1-2H3/t17-,18-/m1/s1. The summed E-state index contributed by atoms with van der Waals surface area (Å²) in [7, 11) is 1.61. The second kappa shape index (κ2) is 8.71. The van der Waals surface area contributed by atoms with Gasteiger partial charge in [0.15, 0.2) is 0 Å². The molecule has 3 rings (SSSR count). The lowest BCUT2D eigenvalue weighted by molar-refractivity contribution is -0.142. The first-order chi connectivity index (χ1) is 13.0. The molecule has 0 unspecified atom stereocenters. The molecule has 2 fully saturated rings. The van der Waals surface area contributed by atoms with Crippen molar-refractivity contribution in [1.82, 2.24) is 14.7 Å². The van der Waals surface area contributed by atoms with E-state index in [9.17, 15) is 14.7 Å². The topological polar surface area (TPSA) is 73.3 Å². The number of aliphatic hydroxyl groups excluding tert-OH is 1. The minimum atomic E-state index is -0.293. The van der Waals surface area contributed by atoms with Crippen LogP contribution in [0.25, 0.3) is 0 Å². The Balaban J connectivity index is 1.69. The molecule has 148 valence electrons. The summed E-state index contributed by atoms with van der Waals surface area (Å²) >= 11 is 0. The zero-order valence-electron chi connectivity index (χ0n) is 16.1. The maximum Gasteiger partial charge on any atom is 0.227 e. The number of β-amino-alcohol motifs (C(OH)–C–C–N with tert-alkyl or cyclic N) is 1. The Labute approximate surface area is 160 Å². The fourth-order valence-corrected chi connectivity index (χ4v) is 3.96. The molecule has 0 aromatic heterocycles. The number of carbonyl (C=O) groups is 2. The van der Waals surface area contributed by atoms with Crippen LogP contribution in [0.2, 0.25) is 0 Å². The molecule has 7 heteroatoms. The van der Waals surface area contributed by atoms with E-state index in [0.717, 1.165) is 24.3 Å². The van der Waals surface area contributed by atoms with Crippen LogP contribution in [0.3, 0.4) is 0 Å². The van der Waals surface area contributed by atoms with Crippen LogP contribution in [0.5, 0.6) is 5.75 Å². The van der Waals surface area contributed by atoms with Crippen molar-refractivity contribution in [2.24, 2.45) is 0 Å². The van der Waals surface area contributed by atoms with Crippen LogP contribution in [0.1, 0.15) is 18.9 Å². The van der Waals surface area contributed by atoms with Crippen LogP contribution in [-0.4, -0.2) is 90.1 Å². The molecule has 2 aliphatic heterocycles. The molecule has 0 spiro atoms. The highest BCUT2D eigenvalue weighted by molar-refractivity contribution is 5.80. The van der Waals surface area contributed by atoms with Gasteiger partial charge in [-0.05, 0) is 24.1 Å². The van der Waals surface area contributed by atoms with Crippen LogP contribution in [-0.2, 0) is 16.0 Å². The summed E-state index contributed by atoms with van der Waals surface area (Å²) in [6, 6.07) is 7.51. The number of hydrogen-bond acceptors (Lipinski definition) is 5. The predicted octanol–water partition coefficient (Wildman–Crippen LogP) is 0.364. The molecular formula is C20H29N3O4. The summed E-state index contributed by atoms with van der Waals surface area (Å²) in [4.78, 5) is 30.7. The molecule has 27 heavy (non-hydrogen) atoms. The maximum atomic E-state index is 13.0. The number of rotatable bonds is 5. The van der Waals surface area contributed by atoms with E-state index in [1.54, 1.807) is 14.0 Å². The van der Waals surface area contributed by atoms with E-state index in [1.165, 1.54) is 0 Å². The van der Waals surface area contributed by atoms with E-state index < -0.39 is 0 Å². The lowest BCUT2D eigenvalue weighted by atomic mass is 10.1. The van der Waals surface area contributed by atoms with Gasteiger partial charge in [0.05, 0.1) is 25.7 Å². The number of benzene rings is 1. The fraction of sp³-hybridized carbons (Fsp3) is 0.600. The van der Waals surface area contributed by atoms with Crippen molar-refractivity contribution >= 4 is 11.8 Å². The Bertz CT molecular complexity index is 681. The van der Waals surface area contributed by atoms with Crippen molar-refractivity contribution in [2.45, 2.75) is 31.9 Å². The minimum Gasteiger partial charge on any atom is -0.497 e. The molecule has 2 heterocycles. The van der Waals surface area contributed by atoms with E-state index in [4.69, 9.17) is 4.74 Å². The molecule has 2 aliphatic rings. The van der Waals surface area contributed by atoms with E-state index >= 15 is 0 Å². The van der Waals surface area contributed by atoms with Crippen molar-refractivity contribution in [3.8, 4) is 5.75 Å². The van der Waals surface area contributed by atoms with Gasteiger partial charge in [-0.25, -0.2) is 0 Å². The second-order valence-corrected chi connectivity index (χ2v) is 7.44. The number of ether oxygens (including phenoxy) is 1. The highest BCUT2D eigenvalue weighted by atomic mass is 16.5. The van der Waals surface area contributed by atoms with Crippen LogP contribution in [0.15, 0.2) is 24.3 Å². The molecule has 1 aromatic rings.